The SMILES string of the molecule is Cc1cccc(NC(=O)c2cc(-c3cncc4ccccc34)c[nH]c2=O)c1. The summed E-state index contributed by atoms with van der Waals surface area (Å²) in [6.07, 6.45) is 5.13. The first-order valence-corrected chi connectivity index (χ1v) is 8.56. The van der Waals surface area contributed by atoms with Crippen LogP contribution in [0.5, 0.6) is 0 Å². The van der Waals surface area contributed by atoms with Gasteiger partial charge in [-0.2, -0.15) is 0 Å². The maximum absolute atomic E-state index is 12.6. The van der Waals surface area contributed by atoms with Gasteiger partial charge in [0.25, 0.3) is 11.5 Å². The molecule has 0 fully saturated rings. The Labute approximate surface area is 155 Å². The van der Waals surface area contributed by atoms with Crippen molar-refractivity contribution in [1.29, 1.82) is 0 Å². The van der Waals surface area contributed by atoms with E-state index in [1.807, 2.05) is 49.4 Å². The molecular formula is C22H17N3O2. The minimum atomic E-state index is -0.447. The van der Waals surface area contributed by atoms with Gasteiger partial charge in [-0.05, 0) is 36.1 Å². The molecule has 0 saturated carbocycles. The molecule has 5 heteroatoms. The first-order chi connectivity index (χ1) is 13.1. The van der Waals surface area contributed by atoms with Crippen molar-refractivity contribution in [1.82, 2.24) is 9.97 Å². The Balaban J connectivity index is 1.75. The number of benzene rings is 2. The number of anilines is 1. The minimum absolute atomic E-state index is 0.0574. The summed E-state index contributed by atoms with van der Waals surface area (Å²) < 4.78 is 0. The minimum Gasteiger partial charge on any atom is -0.328 e. The van der Waals surface area contributed by atoms with Crippen LogP contribution >= 0.6 is 0 Å². The van der Waals surface area contributed by atoms with E-state index in [-0.39, 0.29) is 5.56 Å². The number of aromatic amines is 1. The maximum Gasteiger partial charge on any atom is 0.261 e. The second-order valence-electron chi connectivity index (χ2n) is 6.36. The molecule has 132 valence electrons. The highest BCUT2D eigenvalue weighted by Crippen LogP contribution is 2.27. The molecule has 4 aromatic rings. The zero-order valence-electron chi connectivity index (χ0n) is 14.7. The smallest absolute Gasteiger partial charge is 0.261 e. The summed E-state index contributed by atoms with van der Waals surface area (Å²) in [6.45, 7) is 1.94. The Morgan fingerprint density at radius 2 is 1.89 bits per heavy atom. The number of aryl methyl sites for hydroxylation is 1. The molecule has 5 nitrogen and oxygen atoms in total. The Hall–Kier alpha value is -3.73. The van der Waals surface area contributed by atoms with Gasteiger partial charge in [0.2, 0.25) is 0 Å². The van der Waals surface area contributed by atoms with Gasteiger partial charge in [0.15, 0.2) is 0 Å². The van der Waals surface area contributed by atoms with E-state index in [0.717, 1.165) is 27.5 Å². The molecule has 0 aliphatic rings. The molecular weight excluding hydrogens is 338 g/mol. The summed E-state index contributed by atoms with van der Waals surface area (Å²) in [7, 11) is 0. The lowest BCUT2D eigenvalue weighted by molar-refractivity contribution is 0.102. The number of nitrogens with zero attached hydrogens (tertiary/aromatic N) is 1. The zero-order valence-corrected chi connectivity index (χ0v) is 14.7. The maximum atomic E-state index is 12.6. The Morgan fingerprint density at radius 3 is 2.74 bits per heavy atom. The fraction of sp³-hybridized carbons (Fsp3) is 0.0455. The predicted molar refractivity (Wildman–Crippen MR) is 107 cm³/mol. The number of pyridine rings is 2. The molecule has 2 heterocycles. The van der Waals surface area contributed by atoms with Crippen molar-refractivity contribution in [3.63, 3.8) is 0 Å². The molecule has 1 amide bonds. The lowest BCUT2D eigenvalue weighted by atomic mass is 10.0. The van der Waals surface area contributed by atoms with E-state index in [0.29, 0.717) is 5.69 Å². The van der Waals surface area contributed by atoms with E-state index in [2.05, 4.69) is 15.3 Å². The third kappa shape index (κ3) is 3.35. The van der Waals surface area contributed by atoms with Crippen molar-refractivity contribution in [3.05, 3.63) is 94.7 Å². The zero-order chi connectivity index (χ0) is 18.8. The average Bonchev–Trinajstić information content (AvgIpc) is 2.68. The molecule has 0 aliphatic heterocycles. The number of rotatable bonds is 3. The molecule has 0 bridgehead atoms. The summed E-state index contributed by atoms with van der Waals surface area (Å²) in [5.41, 5.74) is 2.88. The van der Waals surface area contributed by atoms with Crippen LogP contribution in [0.15, 0.2) is 78.0 Å². The van der Waals surface area contributed by atoms with Gasteiger partial charge in [0.1, 0.15) is 5.56 Å². The first kappa shape index (κ1) is 16.7. The molecule has 0 unspecified atom stereocenters. The van der Waals surface area contributed by atoms with E-state index in [4.69, 9.17) is 0 Å². The third-order valence-electron chi connectivity index (χ3n) is 4.40. The van der Waals surface area contributed by atoms with Crippen LogP contribution in [-0.4, -0.2) is 15.9 Å². The van der Waals surface area contributed by atoms with Crippen LogP contribution in [0.4, 0.5) is 5.69 Å². The van der Waals surface area contributed by atoms with E-state index >= 15 is 0 Å². The number of H-pyrrole nitrogens is 1. The number of hydrogen-bond donors (Lipinski definition) is 2. The molecule has 2 N–H and O–H groups in total. The molecule has 4 rings (SSSR count). The van der Waals surface area contributed by atoms with Crippen LogP contribution in [0, 0.1) is 6.92 Å². The fourth-order valence-electron chi connectivity index (χ4n) is 3.08. The van der Waals surface area contributed by atoms with Gasteiger partial charge in [-0.25, -0.2) is 0 Å². The summed E-state index contributed by atoms with van der Waals surface area (Å²) in [6, 6.07) is 16.9. The van der Waals surface area contributed by atoms with E-state index < -0.39 is 11.5 Å². The second-order valence-corrected chi connectivity index (χ2v) is 6.36. The molecule has 2 aromatic heterocycles. The quantitative estimate of drug-likeness (QED) is 0.580. The number of nitrogens with one attached hydrogen (secondary N) is 2. The van der Waals surface area contributed by atoms with Crippen molar-refractivity contribution in [2.24, 2.45) is 0 Å². The number of fused-ring (bicyclic) bond motifs is 1. The number of carbonyl (C=O) groups excluding carboxylic acids is 1. The molecule has 0 atom stereocenters. The first-order valence-electron chi connectivity index (χ1n) is 8.56. The number of aromatic nitrogens is 2. The lowest BCUT2D eigenvalue weighted by Crippen LogP contribution is -2.23. The molecule has 2 aromatic carbocycles. The lowest BCUT2D eigenvalue weighted by Gasteiger charge is -2.09. The van der Waals surface area contributed by atoms with Crippen LogP contribution in [0.3, 0.4) is 0 Å². The third-order valence-corrected chi connectivity index (χ3v) is 4.40. The Bertz CT molecular complexity index is 1210. The Kier molecular flexibility index (Phi) is 4.26. The van der Waals surface area contributed by atoms with E-state index in [1.165, 1.54) is 0 Å². The molecule has 0 saturated heterocycles. The summed E-state index contributed by atoms with van der Waals surface area (Å²) in [4.78, 5) is 31.8. The summed E-state index contributed by atoms with van der Waals surface area (Å²) >= 11 is 0. The van der Waals surface area contributed by atoms with Gasteiger partial charge < -0.3 is 10.3 Å². The highest BCUT2D eigenvalue weighted by molar-refractivity contribution is 6.05. The van der Waals surface area contributed by atoms with Crippen LogP contribution in [0.1, 0.15) is 15.9 Å². The van der Waals surface area contributed by atoms with Crippen LogP contribution < -0.4 is 10.9 Å². The monoisotopic (exact) mass is 355 g/mol. The number of carbonyl (C=O) groups is 1. The molecule has 0 spiro atoms. The van der Waals surface area contributed by atoms with Gasteiger partial charge in [0.05, 0.1) is 0 Å². The standard InChI is InChI=1S/C22H17N3O2/c1-14-5-4-7-17(9-14)25-22(27)19-10-16(12-24-21(19)26)20-13-23-11-15-6-2-3-8-18(15)20/h2-13H,1H3,(H,24,26)(H,25,27). The van der Waals surface area contributed by atoms with Gasteiger partial charge in [0, 0.05) is 40.8 Å². The van der Waals surface area contributed by atoms with E-state index in [9.17, 15) is 9.59 Å². The van der Waals surface area contributed by atoms with Gasteiger partial charge in [-0.3, -0.25) is 14.6 Å². The average molecular weight is 355 g/mol. The van der Waals surface area contributed by atoms with Crippen molar-refractivity contribution >= 4 is 22.4 Å². The van der Waals surface area contributed by atoms with Gasteiger partial charge in [-0.1, -0.05) is 36.4 Å². The highest BCUT2D eigenvalue weighted by Gasteiger charge is 2.14. The molecule has 0 radical (unpaired) electrons. The highest BCUT2D eigenvalue weighted by atomic mass is 16.2. The van der Waals surface area contributed by atoms with Crippen LogP contribution in [-0.2, 0) is 0 Å². The second kappa shape index (κ2) is 6.88. The van der Waals surface area contributed by atoms with Crippen molar-refractivity contribution < 1.29 is 4.79 Å². The fourth-order valence-corrected chi connectivity index (χ4v) is 3.08. The number of hydrogen-bond acceptors (Lipinski definition) is 3. The topological polar surface area (TPSA) is 74.8 Å². The van der Waals surface area contributed by atoms with Gasteiger partial charge >= 0.3 is 0 Å². The Morgan fingerprint density at radius 1 is 1.04 bits per heavy atom. The van der Waals surface area contributed by atoms with Crippen LogP contribution in [0.25, 0.3) is 21.9 Å². The van der Waals surface area contributed by atoms with Crippen molar-refractivity contribution in [3.8, 4) is 11.1 Å². The molecule has 0 aliphatic carbocycles. The molecule has 27 heavy (non-hydrogen) atoms. The van der Waals surface area contributed by atoms with E-state index in [1.54, 1.807) is 30.7 Å². The van der Waals surface area contributed by atoms with Crippen molar-refractivity contribution in [2.75, 3.05) is 5.32 Å². The van der Waals surface area contributed by atoms with Crippen molar-refractivity contribution in [2.45, 2.75) is 6.92 Å². The number of amides is 1. The largest absolute Gasteiger partial charge is 0.328 e. The van der Waals surface area contributed by atoms with Gasteiger partial charge in [-0.15, -0.1) is 0 Å². The summed E-state index contributed by atoms with van der Waals surface area (Å²) in [5, 5.41) is 4.78. The van der Waals surface area contributed by atoms with Crippen LogP contribution in [0.2, 0.25) is 0 Å². The predicted octanol–water partition coefficient (Wildman–Crippen LogP) is 4.15. The normalized spacial score (nSPS) is 10.7. The summed E-state index contributed by atoms with van der Waals surface area (Å²) in [5.74, 6) is -0.447.